The van der Waals surface area contributed by atoms with Crippen molar-refractivity contribution in [1.29, 1.82) is 0 Å². The van der Waals surface area contributed by atoms with Gasteiger partial charge in [0.25, 0.3) is 0 Å². The predicted octanol–water partition coefficient (Wildman–Crippen LogP) is 4.45. The number of benzene rings is 2. The number of ether oxygens (including phenoxy) is 1. The molecular formula is C26H29ClN2O4. The Labute approximate surface area is 199 Å². The number of nitrogens with one attached hydrogen (secondary N) is 1. The smallest absolute Gasteiger partial charge is 0.306 e. The van der Waals surface area contributed by atoms with Crippen LogP contribution in [-0.2, 0) is 25.7 Å². The van der Waals surface area contributed by atoms with E-state index in [1.807, 2.05) is 54.6 Å². The third-order valence-electron chi connectivity index (χ3n) is 5.55. The second-order valence-corrected chi connectivity index (χ2v) is 8.59. The number of carbonyl (C=O) groups excluding carboxylic acids is 3. The third-order valence-corrected chi connectivity index (χ3v) is 5.80. The maximum atomic E-state index is 13.2. The molecule has 174 valence electrons. The molecule has 1 heterocycles. The molecule has 7 heteroatoms. The van der Waals surface area contributed by atoms with Gasteiger partial charge in [0.15, 0.2) is 0 Å². The van der Waals surface area contributed by atoms with E-state index in [0.717, 1.165) is 11.1 Å². The van der Waals surface area contributed by atoms with Crippen LogP contribution in [0.1, 0.15) is 42.9 Å². The maximum Gasteiger partial charge on any atom is 0.306 e. The van der Waals surface area contributed by atoms with E-state index < -0.39 is 12.0 Å². The molecule has 0 aromatic heterocycles. The molecule has 1 aliphatic heterocycles. The zero-order valence-corrected chi connectivity index (χ0v) is 19.5. The van der Waals surface area contributed by atoms with E-state index in [4.69, 9.17) is 16.3 Å². The molecule has 2 unspecified atom stereocenters. The summed E-state index contributed by atoms with van der Waals surface area (Å²) >= 11 is 5.90. The highest BCUT2D eigenvalue weighted by Crippen LogP contribution is 2.23. The van der Waals surface area contributed by atoms with Crippen LogP contribution >= 0.6 is 11.6 Å². The lowest BCUT2D eigenvalue weighted by Gasteiger charge is -2.28. The van der Waals surface area contributed by atoms with Crippen LogP contribution in [0, 0.1) is 5.92 Å². The monoisotopic (exact) mass is 468 g/mol. The molecule has 0 fully saturated rings. The lowest BCUT2D eigenvalue weighted by Crippen LogP contribution is -2.39. The highest BCUT2D eigenvalue weighted by atomic mass is 35.5. The molecule has 2 aromatic carbocycles. The molecule has 2 atom stereocenters. The van der Waals surface area contributed by atoms with Gasteiger partial charge in [0.2, 0.25) is 11.8 Å². The van der Waals surface area contributed by atoms with Crippen molar-refractivity contribution in [2.75, 3.05) is 13.6 Å². The molecular weight excluding hydrogens is 440 g/mol. The minimum atomic E-state index is -0.560. The van der Waals surface area contributed by atoms with Crippen molar-refractivity contribution in [3.05, 3.63) is 82.9 Å². The molecule has 0 saturated carbocycles. The van der Waals surface area contributed by atoms with E-state index in [9.17, 15) is 14.4 Å². The van der Waals surface area contributed by atoms with E-state index in [0.29, 0.717) is 24.4 Å². The van der Waals surface area contributed by atoms with Crippen LogP contribution < -0.4 is 5.32 Å². The Morgan fingerprint density at radius 1 is 1.09 bits per heavy atom. The van der Waals surface area contributed by atoms with Crippen molar-refractivity contribution in [2.45, 2.75) is 38.3 Å². The lowest BCUT2D eigenvalue weighted by molar-refractivity contribution is -0.152. The van der Waals surface area contributed by atoms with E-state index in [1.165, 1.54) is 0 Å². The zero-order valence-electron chi connectivity index (χ0n) is 18.7. The number of halogens is 1. The largest absolute Gasteiger partial charge is 0.456 e. The zero-order chi connectivity index (χ0) is 23.6. The number of cyclic esters (lactones) is 1. The summed E-state index contributed by atoms with van der Waals surface area (Å²) in [6.07, 6.45) is 4.48. The van der Waals surface area contributed by atoms with Crippen LogP contribution in [0.3, 0.4) is 0 Å². The van der Waals surface area contributed by atoms with E-state index in [2.05, 4.69) is 5.32 Å². The van der Waals surface area contributed by atoms with Crippen molar-refractivity contribution in [3.63, 3.8) is 0 Å². The number of hydrogen-bond acceptors (Lipinski definition) is 4. The van der Waals surface area contributed by atoms with Crippen LogP contribution in [0.5, 0.6) is 0 Å². The molecule has 0 saturated heterocycles. The van der Waals surface area contributed by atoms with Gasteiger partial charge in [0, 0.05) is 31.5 Å². The maximum absolute atomic E-state index is 13.2. The molecule has 0 radical (unpaired) electrons. The first-order valence-electron chi connectivity index (χ1n) is 11.1. The van der Waals surface area contributed by atoms with Gasteiger partial charge >= 0.3 is 5.97 Å². The Morgan fingerprint density at radius 2 is 1.82 bits per heavy atom. The van der Waals surface area contributed by atoms with Crippen molar-refractivity contribution in [1.82, 2.24) is 10.2 Å². The van der Waals surface area contributed by atoms with Gasteiger partial charge in [-0.05, 0) is 36.1 Å². The van der Waals surface area contributed by atoms with Gasteiger partial charge in [0.05, 0.1) is 12.5 Å². The fraction of sp³-hybridized carbons (Fsp3) is 0.346. The fourth-order valence-corrected chi connectivity index (χ4v) is 3.82. The molecule has 0 spiro atoms. The van der Waals surface area contributed by atoms with Gasteiger partial charge in [-0.1, -0.05) is 66.2 Å². The average molecular weight is 469 g/mol. The second kappa shape index (κ2) is 12.2. The molecule has 6 nitrogen and oxygen atoms in total. The Morgan fingerprint density at radius 3 is 2.55 bits per heavy atom. The summed E-state index contributed by atoms with van der Waals surface area (Å²) in [7, 11) is 1.68. The van der Waals surface area contributed by atoms with Gasteiger partial charge in [-0.2, -0.15) is 0 Å². The summed E-state index contributed by atoms with van der Waals surface area (Å²) in [5.74, 6) is -1.14. The standard InChI is InChI=1S/C26H29ClN2O4/c1-29-18-23(20-8-4-2-5-9-20)33-25(31)11-7-3-6-10-21(26(29)32)16-24(30)28-17-19-12-14-22(27)15-13-19/h2-6,8-9,12-15,21,23H,7,10-11,16-18H2,1H3,(H,28,30)/b6-3+. The average Bonchev–Trinajstić information content (AvgIpc) is 2.81. The van der Waals surface area contributed by atoms with E-state index >= 15 is 0 Å². The summed E-state index contributed by atoms with van der Waals surface area (Å²) in [4.78, 5) is 39.7. The molecule has 2 amide bonds. The number of amides is 2. The molecule has 0 aliphatic carbocycles. The Hall–Kier alpha value is -3.12. The predicted molar refractivity (Wildman–Crippen MR) is 127 cm³/mol. The topological polar surface area (TPSA) is 75.7 Å². The van der Waals surface area contributed by atoms with E-state index in [-0.39, 0.29) is 37.2 Å². The van der Waals surface area contributed by atoms with Crippen LogP contribution in [0.2, 0.25) is 5.02 Å². The van der Waals surface area contributed by atoms with Crippen molar-refractivity contribution in [2.24, 2.45) is 5.92 Å². The highest BCUT2D eigenvalue weighted by molar-refractivity contribution is 6.30. The summed E-state index contributed by atoms with van der Waals surface area (Å²) in [6, 6.07) is 16.6. The number of rotatable bonds is 5. The highest BCUT2D eigenvalue weighted by Gasteiger charge is 2.27. The number of hydrogen-bond donors (Lipinski definition) is 1. The van der Waals surface area contributed by atoms with Crippen LogP contribution in [0.25, 0.3) is 0 Å². The summed E-state index contributed by atoms with van der Waals surface area (Å²) in [6.45, 7) is 0.593. The third kappa shape index (κ3) is 7.75. The van der Waals surface area contributed by atoms with Crippen LogP contribution in [0.4, 0.5) is 0 Å². The first-order chi connectivity index (χ1) is 15.9. The normalized spacial score (nSPS) is 20.8. The Bertz CT molecular complexity index is 976. The summed E-state index contributed by atoms with van der Waals surface area (Å²) in [5, 5.41) is 3.52. The minimum absolute atomic E-state index is 0.0803. The Balaban J connectivity index is 1.68. The minimum Gasteiger partial charge on any atom is -0.456 e. The van der Waals surface area contributed by atoms with Crippen molar-refractivity contribution in [3.8, 4) is 0 Å². The molecule has 33 heavy (non-hydrogen) atoms. The summed E-state index contributed by atoms with van der Waals surface area (Å²) < 4.78 is 5.68. The molecule has 1 N–H and O–H groups in total. The van der Waals surface area contributed by atoms with Gasteiger partial charge in [0.1, 0.15) is 6.10 Å². The second-order valence-electron chi connectivity index (χ2n) is 8.16. The lowest BCUT2D eigenvalue weighted by atomic mass is 9.97. The molecule has 0 bridgehead atoms. The Kier molecular flexibility index (Phi) is 9.07. The first-order valence-corrected chi connectivity index (χ1v) is 11.5. The molecule has 1 aliphatic rings. The number of nitrogens with zero attached hydrogens (tertiary/aromatic N) is 1. The first kappa shape index (κ1) is 24.5. The number of carbonyl (C=O) groups is 3. The van der Waals surface area contributed by atoms with Gasteiger partial charge < -0.3 is 15.0 Å². The van der Waals surface area contributed by atoms with Gasteiger partial charge in [-0.25, -0.2) is 0 Å². The van der Waals surface area contributed by atoms with Crippen LogP contribution in [-0.4, -0.2) is 36.3 Å². The molecule has 2 aromatic rings. The summed E-state index contributed by atoms with van der Waals surface area (Å²) in [5.41, 5.74) is 1.76. The fourth-order valence-electron chi connectivity index (χ4n) is 3.70. The molecule has 3 rings (SSSR count). The van der Waals surface area contributed by atoms with E-state index in [1.54, 1.807) is 24.1 Å². The van der Waals surface area contributed by atoms with Gasteiger partial charge in [-0.3, -0.25) is 14.4 Å². The SMILES string of the molecule is CN1CC(c2ccccc2)OC(=O)CC/C=C/CC(CC(=O)NCc2ccc(Cl)cc2)C1=O. The van der Waals surface area contributed by atoms with Crippen molar-refractivity contribution < 1.29 is 19.1 Å². The quantitative estimate of drug-likeness (QED) is 0.519. The number of esters is 1. The van der Waals surface area contributed by atoms with Crippen LogP contribution in [0.15, 0.2) is 66.7 Å². The van der Waals surface area contributed by atoms with Crippen molar-refractivity contribution >= 4 is 29.4 Å². The van der Waals surface area contributed by atoms with Gasteiger partial charge in [-0.15, -0.1) is 0 Å². The number of likely N-dealkylation sites (N-methyl/N-ethyl adjacent to an activating group) is 1. The number of allylic oxidation sites excluding steroid dienone is 2.